The fourth-order valence-corrected chi connectivity index (χ4v) is 2.43. The highest BCUT2D eigenvalue weighted by Crippen LogP contribution is 2.25. The highest BCUT2D eigenvalue weighted by molar-refractivity contribution is 6.31. The van der Waals surface area contributed by atoms with Crippen LogP contribution in [0.4, 0.5) is 5.69 Å². The molecule has 1 aromatic rings. The lowest BCUT2D eigenvalue weighted by Crippen LogP contribution is -2.40. The van der Waals surface area contributed by atoms with Gasteiger partial charge in [-0.25, -0.2) is 0 Å². The molecule has 0 aliphatic carbocycles. The average molecular weight is 283 g/mol. The molecule has 1 unspecified atom stereocenters. The van der Waals surface area contributed by atoms with Crippen LogP contribution in [0.5, 0.6) is 0 Å². The molecule has 1 fully saturated rings. The molecular formula is C14H19ClN2O2. The lowest BCUT2D eigenvalue weighted by atomic mass is 10.0. The van der Waals surface area contributed by atoms with Crippen LogP contribution in [0, 0.1) is 0 Å². The van der Waals surface area contributed by atoms with E-state index < -0.39 is 0 Å². The molecular weight excluding hydrogens is 264 g/mol. The molecule has 2 N–H and O–H groups in total. The van der Waals surface area contributed by atoms with Crippen LogP contribution in [-0.2, 0) is 4.74 Å². The zero-order valence-electron chi connectivity index (χ0n) is 11.3. The predicted octanol–water partition coefficient (Wildman–Crippen LogP) is 2.68. The molecule has 1 atom stereocenters. The number of hydrogen-bond acceptors (Lipinski definition) is 3. The van der Waals surface area contributed by atoms with Crippen LogP contribution in [0.25, 0.3) is 0 Å². The summed E-state index contributed by atoms with van der Waals surface area (Å²) in [6.07, 6.45) is 2.02. The molecule has 0 aromatic heterocycles. The van der Waals surface area contributed by atoms with Gasteiger partial charge < -0.3 is 15.4 Å². The van der Waals surface area contributed by atoms with Crippen LogP contribution in [0.3, 0.4) is 0 Å². The summed E-state index contributed by atoms with van der Waals surface area (Å²) in [4.78, 5) is 12.2. The van der Waals surface area contributed by atoms with Crippen molar-refractivity contribution in [2.24, 2.45) is 0 Å². The Kier molecular flexibility index (Phi) is 4.32. The molecule has 4 nitrogen and oxygen atoms in total. The maximum Gasteiger partial charge on any atom is 0.253 e. The number of amides is 1. The maximum absolute atomic E-state index is 12.2. The van der Waals surface area contributed by atoms with Crippen molar-refractivity contribution in [2.45, 2.75) is 25.4 Å². The SMILES string of the molecule is CNc1ccc(Cl)cc1C(=O)NCC1(C)CCCO1. The van der Waals surface area contributed by atoms with Crippen LogP contribution in [0.2, 0.25) is 5.02 Å². The number of rotatable bonds is 4. The Morgan fingerprint density at radius 1 is 1.53 bits per heavy atom. The number of anilines is 1. The van der Waals surface area contributed by atoms with Gasteiger partial charge in [0.1, 0.15) is 0 Å². The molecule has 1 saturated heterocycles. The molecule has 5 heteroatoms. The normalized spacial score (nSPS) is 22.3. The topological polar surface area (TPSA) is 50.4 Å². The largest absolute Gasteiger partial charge is 0.387 e. The minimum atomic E-state index is -0.242. The molecule has 0 spiro atoms. The third-order valence-corrected chi connectivity index (χ3v) is 3.65. The van der Waals surface area contributed by atoms with Gasteiger partial charge in [0.15, 0.2) is 0 Å². The van der Waals surface area contributed by atoms with E-state index in [0.29, 0.717) is 17.1 Å². The summed E-state index contributed by atoms with van der Waals surface area (Å²) in [5, 5.41) is 6.46. The monoisotopic (exact) mass is 282 g/mol. The molecule has 19 heavy (non-hydrogen) atoms. The fourth-order valence-electron chi connectivity index (χ4n) is 2.26. The summed E-state index contributed by atoms with van der Waals surface area (Å²) in [6, 6.07) is 5.22. The Morgan fingerprint density at radius 2 is 2.32 bits per heavy atom. The van der Waals surface area contributed by atoms with E-state index in [1.165, 1.54) is 0 Å². The highest BCUT2D eigenvalue weighted by Gasteiger charge is 2.30. The summed E-state index contributed by atoms with van der Waals surface area (Å²) in [7, 11) is 1.78. The van der Waals surface area contributed by atoms with Crippen LogP contribution in [0.1, 0.15) is 30.1 Å². The van der Waals surface area contributed by atoms with Gasteiger partial charge in [-0.1, -0.05) is 11.6 Å². The van der Waals surface area contributed by atoms with Crippen LogP contribution in [0.15, 0.2) is 18.2 Å². The highest BCUT2D eigenvalue weighted by atomic mass is 35.5. The molecule has 1 aromatic carbocycles. The quantitative estimate of drug-likeness (QED) is 0.893. The lowest BCUT2D eigenvalue weighted by molar-refractivity contribution is 0.0206. The van der Waals surface area contributed by atoms with E-state index in [0.717, 1.165) is 25.1 Å². The summed E-state index contributed by atoms with van der Waals surface area (Å²) >= 11 is 5.94. The first kappa shape index (κ1) is 14.2. The number of benzene rings is 1. The van der Waals surface area contributed by atoms with Crippen molar-refractivity contribution >= 4 is 23.2 Å². The van der Waals surface area contributed by atoms with Crippen LogP contribution in [-0.4, -0.2) is 31.7 Å². The Labute approximate surface area is 118 Å². The van der Waals surface area contributed by atoms with Crippen molar-refractivity contribution in [3.05, 3.63) is 28.8 Å². The third kappa shape index (κ3) is 3.39. The number of ether oxygens (including phenoxy) is 1. The van der Waals surface area contributed by atoms with Gasteiger partial charge >= 0.3 is 0 Å². The van der Waals surface area contributed by atoms with Gasteiger partial charge in [-0.05, 0) is 38.0 Å². The van der Waals surface area contributed by atoms with E-state index in [2.05, 4.69) is 10.6 Å². The first-order valence-corrected chi connectivity index (χ1v) is 6.81. The van der Waals surface area contributed by atoms with E-state index in [1.807, 2.05) is 6.92 Å². The summed E-state index contributed by atoms with van der Waals surface area (Å²) in [6.45, 7) is 3.31. The second-order valence-corrected chi connectivity index (χ2v) is 5.46. The molecule has 0 bridgehead atoms. The van der Waals surface area contributed by atoms with Crippen molar-refractivity contribution in [1.29, 1.82) is 0 Å². The van der Waals surface area contributed by atoms with Gasteiger partial charge in [0.05, 0.1) is 11.2 Å². The minimum absolute atomic E-state index is 0.136. The number of nitrogens with one attached hydrogen (secondary N) is 2. The molecule has 0 saturated carbocycles. The van der Waals surface area contributed by atoms with Crippen molar-refractivity contribution in [3.63, 3.8) is 0 Å². The average Bonchev–Trinajstić information content (AvgIpc) is 2.83. The number of carbonyl (C=O) groups excluding carboxylic acids is 1. The summed E-state index contributed by atoms with van der Waals surface area (Å²) in [5.74, 6) is -0.136. The van der Waals surface area contributed by atoms with Gasteiger partial charge in [-0.2, -0.15) is 0 Å². The molecule has 1 amide bonds. The van der Waals surface area contributed by atoms with Crippen molar-refractivity contribution in [2.75, 3.05) is 25.5 Å². The van der Waals surface area contributed by atoms with Crippen molar-refractivity contribution in [3.8, 4) is 0 Å². The Morgan fingerprint density at radius 3 is 2.95 bits per heavy atom. The first-order chi connectivity index (χ1) is 9.04. The number of hydrogen-bond donors (Lipinski definition) is 2. The van der Waals surface area contributed by atoms with Crippen molar-refractivity contribution < 1.29 is 9.53 Å². The minimum Gasteiger partial charge on any atom is -0.387 e. The van der Waals surface area contributed by atoms with E-state index in [4.69, 9.17) is 16.3 Å². The molecule has 2 rings (SSSR count). The van der Waals surface area contributed by atoms with E-state index >= 15 is 0 Å². The molecule has 104 valence electrons. The van der Waals surface area contributed by atoms with Crippen LogP contribution >= 0.6 is 11.6 Å². The molecule has 1 aliphatic rings. The van der Waals surface area contributed by atoms with Gasteiger partial charge in [0.25, 0.3) is 5.91 Å². The van der Waals surface area contributed by atoms with E-state index in [1.54, 1.807) is 25.2 Å². The fraction of sp³-hybridized carbons (Fsp3) is 0.500. The lowest BCUT2D eigenvalue weighted by Gasteiger charge is -2.23. The predicted molar refractivity (Wildman–Crippen MR) is 76.9 cm³/mol. The second-order valence-electron chi connectivity index (χ2n) is 5.02. The number of carbonyl (C=O) groups is 1. The Bertz CT molecular complexity index is 471. The smallest absolute Gasteiger partial charge is 0.253 e. The Hall–Kier alpha value is -1.26. The standard InChI is InChI=1S/C14H19ClN2O2/c1-14(6-3-7-19-14)9-17-13(18)11-8-10(15)4-5-12(11)16-2/h4-5,8,16H,3,6-7,9H2,1-2H3,(H,17,18). The van der Waals surface area contributed by atoms with Gasteiger partial charge in [0.2, 0.25) is 0 Å². The summed E-state index contributed by atoms with van der Waals surface area (Å²) in [5.41, 5.74) is 1.07. The van der Waals surface area contributed by atoms with E-state index in [9.17, 15) is 4.79 Å². The van der Waals surface area contributed by atoms with Gasteiger partial charge in [0, 0.05) is 30.9 Å². The molecule has 0 radical (unpaired) electrons. The van der Waals surface area contributed by atoms with Gasteiger partial charge in [-0.15, -0.1) is 0 Å². The number of halogens is 1. The van der Waals surface area contributed by atoms with Gasteiger partial charge in [-0.3, -0.25) is 4.79 Å². The maximum atomic E-state index is 12.2. The second kappa shape index (κ2) is 5.80. The Balaban J connectivity index is 2.05. The third-order valence-electron chi connectivity index (χ3n) is 3.42. The van der Waals surface area contributed by atoms with E-state index in [-0.39, 0.29) is 11.5 Å². The van der Waals surface area contributed by atoms with Crippen LogP contribution < -0.4 is 10.6 Å². The zero-order chi connectivity index (χ0) is 13.9. The van der Waals surface area contributed by atoms with Crippen molar-refractivity contribution in [1.82, 2.24) is 5.32 Å². The molecule has 1 heterocycles. The summed E-state index contributed by atoms with van der Waals surface area (Å²) < 4.78 is 5.65. The molecule has 1 aliphatic heterocycles. The zero-order valence-corrected chi connectivity index (χ0v) is 12.0. The first-order valence-electron chi connectivity index (χ1n) is 6.43.